The van der Waals surface area contributed by atoms with E-state index in [1.165, 1.54) is 27.6 Å². The van der Waals surface area contributed by atoms with Gasteiger partial charge in [-0.1, -0.05) is 140 Å². The SMILES string of the molecule is c1ccc(-c2cc(-c3ccccc3)cc(-n3c4ccccc4c4c5oc(-c6ccccc6)c(-c6ccccc6)c5ccc43)c2)cc1. The summed E-state index contributed by atoms with van der Waals surface area (Å²) in [7, 11) is 0. The number of para-hydroxylation sites is 1. The number of benzene rings is 7. The van der Waals surface area contributed by atoms with Crippen LogP contribution in [0, 0.1) is 0 Å². The molecule has 0 N–H and O–H groups in total. The minimum Gasteiger partial charge on any atom is -0.455 e. The van der Waals surface area contributed by atoms with E-state index >= 15 is 0 Å². The minimum absolute atomic E-state index is 0.892. The van der Waals surface area contributed by atoms with E-state index in [-0.39, 0.29) is 0 Å². The Morgan fingerprint density at radius 2 is 0.891 bits per heavy atom. The van der Waals surface area contributed by atoms with Crippen LogP contribution < -0.4 is 0 Å². The average molecular weight is 588 g/mol. The van der Waals surface area contributed by atoms with Gasteiger partial charge in [-0.05, 0) is 64.2 Å². The molecule has 2 heteroatoms. The predicted octanol–water partition coefficient (Wildman–Crippen LogP) is 12.2. The van der Waals surface area contributed by atoms with E-state index in [0.717, 1.165) is 55.5 Å². The van der Waals surface area contributed by atoms with Crippen molar-refractivity contribution >= 4 is 32.8 Å². The second kappa shape index (κ2) is 10.8. The molecule has 46 heavy (non-hydrogen) atoms. The van der Waals surface area contributed by atoms with E-state index in [1.54, 1.807) is 0 Å². The van der Waals surface area contributed by atoms with Crippen molar-refractivity contribution in [3.63, 3.8) is 0 Å². The van der Waals surface area contributed by atoms with E-state index in [0.29, 0.717) is 0 Å². The lowest BCUT2D eigenvalue weighted by Crippen LogP contribution is -1.96. The maximum Gasteiger partial charge on any atom is 0.145 e. The Labute approximate surface area is 267 Å². The van der Waals surface area contributed by atoms with Crippen LogP contribution in [0.5, 0.6) is 0 Å². The Bertz CT molecular complexity index is 2430. The van der Waals surface area contributed by atoms with Gasteiger partial charge in [-0.2, -0.15) is 0 Å². The molecule has 0 radical (unpaired) electrons. The summed E-state index contributed by atoms with van der Waals surface area (Å²) in [5.41, 5.74) is 12.4. The maximum absolute atomic E-state index is 6.98. The molecular formula is C44H29NO. The maximum atomic E-state index is 6.98. The fraction of sp³-hybridized carbons (Fsp3) is 0. The molecule has 2 heterocycles. The van der Waals surface area contributed by atoms with Crippen LogP contribution in [0.25, 0.3) is 83.2 Å². The van der Waals surface area contributed by atoms with Gasteiger partial charge in [0.1, 0.15) is 11.3 Å². The molecule has 9 rings (SSSR count). The zero-order valence-electron chi connectivity index (χ0n) is 25.1. The van der Waals surface area contributed by atoms with Gasteiger partial charge in [-0.25, -0.2) is 0 Å². The number of aromatic nitrogens is 1. The van der Waals surface area contributed by atoms with Crippen molar-refractivity contribution in [3.8, 4) is 50.4 Å². The van der Waals surface area contributed by atoms with E-state index in [9.17, 15) is 0 Å². The molecule has 0 bridgehead atoms. The summed E-state index contributed by atoms with van der Waals surface area (Å²) in [5, 5.41) is 3.41. The number of fused-ring (bicyclic) bond motifs is 5. The fourth-order valence-electron chi connectivity index (χ4n) is 6.90. The van der Waals surface area contributed by atoms with Gasteiger partial charge in [0.05, 0.1) is 16.4 Å². The first-order valence-electron chi connectivity index (χ1n) is 15.7. The fourth-order valence-corrected chi connectivity index (χ4v) is 6.90. The predicted molar refractivity (Wildman–Crippen MR) is 192 cm³/mol. The largest absolute Gasteiger partial charge is 0.455 e. The van der Waals surface area contributed by atoms with Crippen LogP contribution in [0.15, 0.2) is 180 Å². The topological polar surface area (TPSA) is 18.1 Å². The molecule has 9 aromatic rings. The van der Waals surface area contributed by atoms with Crippen LogP contribution in [0.3, 0.4) is 0 Å². The molecular weight excluding hydrogens is 558 g/mol. The summed E-state index contributed by atoms with van der Waals surface area (Å²) in [5.74, 6) is 0.892. The highest BCUT2D eigenvalue weighted by molar-refractivity contribution is 6.22. The first kappa shape index (κ1) is 26.3. The van der Waals surface area contributed by atoms with E-state index < -0.39 is 0 Å². The first-order chi connectivity index (χ1) is 22.8. The Morgan fingerprint density at radius 1 is 0.370 bits per heavy atom. The molecule has 0 aliphatic carbocycles. The zero-order chi connectivity index (χ0) is 30.5. The molecule has 0 amide bonds. The van der Waals surface area contributed by atoms with E-state index in [4.69, 9.17) is 4.42 Å². The summed E-state index contributed by atoms with van der Waals surface area (Å²) in [6, 6.07) is 62.5. The molecule has 2 aromatic heterocycles. The van der Waals surface area contributed by atoms with E-state index in [2.05, 4.69) is 174 Å². The molecule has 0 atom stereocenters. The van der Waals surface area contributed by atoms with Crippen LogP contribution >= 0.6 is 0 Å². The van der Waals surface area contributed by atoms with Crippen LogP contribution in [0.4, 0.5) is 0 Å². The molecule has 0 saturated heterocycles. The first-order valence-corrected chi connectivity index (χ1v) is 15.7. The Hall–Kier alpha value is -6.12. The quantitative estimate of drug-likeness (QED) is 0.196. The number of furan rings is 1. The molecule has 0 unspecified atom stereocenters. The molecule has 0 saturated carbocycles. The summed E-state index contributed by atoms with van der Waals surface area (Å²) in [4.78, 5) is 0. The summed E-state index contributed by atoms with van der Waals surface area (Å²) in [6.07, 6.45) is 0. The lowest BCUT2D eigenvalue weighted by molar-refractivity contribution is 0.636. The molecule has 0 spiro atoms. The summed E-state index contributed by atoms with van der Waals surface area (Å²) in [6.45, 7) is 0. The molecule has 216 valence electrons. The van der Waals surface area contributed by atoms with Crippen LogP contribution in [-0.4, -0.2) is 4.57 Å². The van der Waals surface area contributed by atoms with Crippen molar-refractivity contribution in [2.24, 2.45) is 0 Å². The number of nitrogens with zero attached hydrogens (tertiary/aromatic N) is 1. The monoisotopic (exact) mass is 587 g/mol. The van der Waals surface area contributed by atoms with Crippen molar-refractivity contribution in [2.45, 2.75) is 0 Å². The lowest BCUT2D eigenvalue weighted by Gasteiger charge is -2.14. The van der Waals surface area contributed by atoms with Gasteiger partial charge in [-0.3, -0.25) is 0 Å². The third kappa shape index (κ3) is 4.27. The summed E-state index contributed by atoms with van der Waals surface area (Å²) < 4.78 is 9.38. The van der Waals surface area contributed by atoms with Gasteiger partial charge < -0.3 is 8.98 Å². The third-order valence-electron chi connectivity index (χ3n) is 8.98. The van der Waals surface area contributed by atoms with Gasteiger partial charge in [0.15, 0.2) is 0 Å². The molecule has 0 aliphatic rings. The van der Waals surface area contributed by atoms with Crippen molar-refractivity contribution < 1.29 is 4.42 Å². The smallest absolute Gasteiger partial charge is 0.145 e. The summed E-state index contributed by atoms with van der Waals surface area (Å²) >= 11 is 0. The van der Waals surface area contributed by atoms with Gasteiger partial charge in [0.25, 0.3) is 0 Å². The van der Waals surface area contributed by atoms with Crippen LogP contribution in [0.1, 0.15) is 0 Å². The Morgan fingerprint density at radius 3 is 1.50 bits per heavy atom. The van der Waals surface area contributed by atoms with Gasteiger partial charge in [0, 0.05) is 27.6 Å². The number of rotatable bonds is 5. The number of hydrogen-bond donors (Lipinski definition) is 0. The Kier molecular flexibility index (Phi) is 6.17. The third-order valence-corrected chi connectivity index (χ3v) is 8.98. The molecule has 7 aromatic carbocycles. The highest BCUT2D eigenvalue weighted by atomic mass is 16.3. The second-order valence-electron chi connectivity index (χ2n) is 11.7. The van der Waals surface area contributed by atoms with Crippen LogP contribution in [-0.2, 0) is 0 Å². The molecule has 2 nitrogen and oxygen atoms in total. The van der Waals surface area contributed by atoms with Crippen molar-refractivity contribution in [1.29, 1.82) is 0 Å². The van der Waals surface area contributed by atoms with Gasteiger partial charge in [-0.15, -0.1) is 0 Å². The lowest BCUT2D eigenvalue weighted by atomic mass is 9.97. The zero-order valence-corrected chi connectivity index (χ0v) is 25.1. The van der Waals surface area contributed by atoms with Crippen molar-refractivity contribution in [3.05, 3.63) is 176 Å². The second-order valence-corrected chi connectivity index (χ2v) is 11.7. The minimum atomic E-state index is 0.892. The highest BCUT2D eigenvalue weighted by Gasteiger charge is 2.23. The van der Waals surface area contributed by atoms with Gasteiger partial charge >= 0.3 is 0 Å². The molecule has 0 fully saturated rings. The average Bonchev–Trinajstić information content (AvgIpc) is 3.69. The van der Waals surface area contributed by atoms with Crippen LogP contribution in [0.2, 0.25) is 0 Å². The normalized spacial score (nSPS) is 11.5. The highest BCUT2D eigenvalue weighted by Crippen LogP contribution is 2.46. The molecule has 0 aliphatic heterocycles. The van der Waals surface area contributed by atoms with Crippen molar-refractivity contribution in [2.75, 3.05) is 0 Å². The Balaban J connectivity index is 1.38. The standard InChI is InChI=1S/C44H29NO/c1-5-15-30(16-6-1)34-27-35(31-17-7-2-8-18-31)29-36(28-34)45-39-24-14-13-23-37(39)42-40(45)26-25-38-41(32-19-9-3-10-20-32)43(46-44(38)42)33-21-11-4-12-22-33/h1-29H. The van der Waals surface area contributed by atoms with E-state index in [1.807, 2.05) is 6.07 Å². The number of hydrogen-bond acceptors (Lipinski definition) is 1. The van der Waals surface area contributed by atoms with Crippen molar-refractivity contribution in [1.82, 2.24) is 4.57 Å². The van der Waals surface area contributed by atoms with Gasteiger partial charge in [0.2, 0.25) is 0 Å².